The van der Waals surface area contributed by atoms with E-state index in [4.69, 9.17) is 29.6 Å². The summed E-state index contributed by atoms with van der Waals surface area (Å²) in [5.41, 5.74) is 14.1. The Bertz CT molecular complexity index is 869. The Hall–Kier alpha value is -1.66. The average molecular weight is 456 g/mol. The highest BCUT2D eigenvalue weighted by atomic mass is 31.2. The fraction of sp³-hybridized carbons (Fsp3) is 0.400. The quantitative estimate of drug-likeness (QED) is 0.379. The zero-order valence-corrected chi connectivity index (χ0v) is 19.6. The highest BCUT2D eigenvalue weighted by Gasteiger charge is 2.31. The summed E-state index contributed by atoms with van der Waals surface area (Å²) >= 11 is 0. The molecule has 4 N–H and O–H groups in total. The number of anilines is 2. The van der Waals surface area contributed by atoms with Crippen molar-refractivity contribution >= 4 is 37.2 Å². The molecule has 2 aromatic carbocycles. The molecule has 2 aromatic rings. The topological polar surface area (TPSA) is 123 Å². The lowest BCUT2D eigenvalue weighted by atomic mass is 10.1. The summed E-state index contributed by atoms with van der Waals surface area (Å²) < 4.78 is 48.2. The molecular weight excluding hydrogens is 426 g/mol. The lowest BCUT2D eigenvalue weighted by Gasteiger charge is -2.21. The van der Waals surface area contributed by atoms with Crippen molar-refractivity contribution in [3.05, 3.63) is 36.4 Å². The van der Waals surface area contributed by atoms with Crippen LogP contribution in [-0.4, -0.2) is 26.4 Å². The number of nitrogen functional groups attached to an aromatic ring is 2. The molecule has 0 aromatic heterocycles. The molecular formula is C20H30N2O6P2. The minimum absolute atomic E-state index is 0.207. The molecule has 0 heterocycles. The van der Waals surface area contributed by atoms with Gasteiger partial charge in [0.1, 0.15) is 0 Å². The molecule has 0 amide bonds. The fourth-order valence-electron chi connectivity index (χ4n) is 2.95. The highest BCUT2D eigenvalue weighted by Crippen LogP contribution is 2.50. The number of rotatable bonds is 11. The summed E-state index contributed by atoms with van der Waals surface area (Å²) in [4.78, 5) is 0. The Morgan fingerprint density at radius 2 is 0.933 bits per heavy atom. The first-order chi connectivity index (χ1) is 14.2. The fourth-order valence-corrected chi connectivity index (χ4v) is 6.39. The van der Waals surface area contributed by atoms with Crippen LogP contribution in [0.4, 0.5) is 11.4 Å². The molecule has 0 unspecified atom stereocenters. The SMILES string of the molecule is CCOP(=O)(OCC)c1cc(-c2ccc(N)c(P(=O)(OCC)OCC)c2)ccc1N. The molecule has 0 spiro atoms. The summed E-state index contributed by atoms with van der Waals surface area (Å²) in [6, 6.07) is 10.1. The van der Waals surface area contributed by atoms with Crippen LogP contribution in [0.2, 0.25) is 0 Å². The Morgan fingerprint density at radius 3 is 1.20 bits per heavy atom. The van der Waals surface area contributed by atoms with Gasteiger partial charge in [0.25, 0.3) is 0 Å². The van der Waals surface area contributed by atoms with E-state index in [1.165, 1.54) is 0 Å². The van der Waals surface area contributed by atoms with Crippen LogP contribution in [0.15, 0.2) is 36.4 Å². The van der Waals surface area contributed by atoms with Crippen molar-refractivity contribution < 1.29 is 27.2 Å². The predicted octanol–water partition coefficient (Wildman–Crippen LogP) is 4.30. The van der Waals surface area contributed by atoms with Gasteiger partial charge in [0.05, 0.1) is 37.0 Å². The molecule has 0 atom stereocenters. The van der Waals surface area contributed by atoms with Crippen molar-refractivity contribution in [2.75, 3.05) is 37.9 Å². The van der Waals surface area contributed by atoms with Crippen molar-refractivity contribution in [1.29, 1.82) is 0 Å². The van der Waals surface area contributed by atoms with Crippen LogP contribution in [0.5, 0.6) is 0 Å². The van der Waals surface area contributed by atoms with E-state index in [1.807, 2.05) is 0 Å². The van der Waals surface area contributed by atoms with E-state index < -0.39 is 15.2 Å². The van der Waals surface area contributed by atoms with Crippen molar-refractivity contribution in [2.45, 2.75) is 27.7 Å². The van der Waals surface area contributed by atoms with Crippen LogP contribution in [0.25, 0.3) is 11.1 Å². The van der Waals surface area contributed by atoms with Crippen LogP contribution < -0.4 is 22.1 Å². The van der Waals surface area contributed by atoms with Gasteiger partial charge in [-0.05, 0) is 63.1 Å². The maximum atomic E-state index is 13.2. The first-order valence-electron chi connectivity index (χ1n) is 9.83. The van der Waals surface area contributed by atoms with Gasteiger partial charge in [0.15, 0.2) is 0 Å². The number of benzene rings is 2. The molecule has 166 valence electrons. The summed E-state index contributed by atoms with van der Waals surface area (Å²) in [5, 5.41) is 0.555. The molecule has 0 aliphatic carbocycles. The summed E-state index contributed by atoms with van der Waals surface area (Å²) in [5.74, 6) is 0. The van der Waals surface area contributed by atoms with Gasteiger partial charge in [-0.2, -0.15) is 0 Å². The third kappa shape index (κ3) is 5.33. The van der Waals surface area contributed by atoms with Crippen LogP contribution in [-0.2, 0) is 27.2 Å². The van der Waals surface area contributed by atoms with Crippen molar-refractivity contribution in [3.63, 3.8) is 0 Å². The van der Waals surface area contributed by atoms with Gasteiger partial charge in [-0.25, -0.2) is 0 Å². The molecule has 0 bridgehead atoms. The van der Waals surface area contributed by atoms with Gasteiger partial charge >= 0.3 is 15.2 Å². The highest BCUT2D eigenvalue weighted by molar-refractivity contribution is 7.63. The lowest BCUT2D eigenvalue weighted by molar-refractivity contribution is 0.229. The van der Waals surface area contributed by atoms with E-state index in [0.717, 1.165) is 0 Å². The van der Waals surface area contributed by atoms with E-state index in [-0.39, 0.29) is 37.0 Å². The molecule has 30 heavy (non-hydrogen) atoms. The summed E-state index contributed by atoms with van der Waals surface area (Å²) in [6.07, 6.45) is 0. The van der Waals surface area contributed by atoms with Gasteiger partial charge in [-0.3, -0.25) is 9.13 Å². The van der Waals surface area contributed by atoms with E-state index in [1.54, 1.807) is 64.1 Å². The maximum Gasteiger partial charge on any atom is 0.363 e. The lowest BCUT2D eigenvalue weighted by Crippen LogP contribution is -2.17. The second-order valence-corrected chi connectivity index (χ2v) is 10.2. The van der Waals surface area contributed by atoms with Gasteiger partial charge in [0, 0.05) is 11.4 Å². The molecule has 0 radical (unpaired) electrons. The normalized spacial score (nSPS) is 12.3. The third-order valence-corrected chi connectivity index (χ3v) is 8.53. The molecule has 0 aliphatic heterocycles. The molecule has 8 nitrogen and oxygen atoms in total. The smallest absolute Gasteiger partial charge is 0.363 e. The Kier molecular flexibility index (Phi) is 8.68. The van der Waals surface area contributed by atoms with Gasteiger partial charge in [-0.15, -0.1) is 0 Å². The van der Waals surface area contributed by atoms with Gasteiger partial charge < -0.3 is 29.6 Å². The number of hydrogen-bond donors (Lipinski definition) is 2. The standard InChI is InChI=1S/C20H30N2O6P2/c1-5-25-29(23,26-6-2)19-13-15(9-11-17(19)21)16-10-12-18(22)20(14-16)30(24,27-7-3)28-8-4/h9-14H,5-8,21-22H2,1-4H3. The molecule has 0 fully saturated rings. The largest absolute Gasteiger partial charge is 0.398 e. The zero-order chi connectivity index (χ0) is 22.4. The summed E-state index contributed by atoms with van der Waals surface area (Å²) in [7, 11) is -7.17. The van der Waals surface area contributed by atoms with Crippen molar-refractivity contribution in [2.24, 2.45) is 0 Å². The Balaban J connectivity index is 2.61. The van der Waals surface area contributed by atoms with E-state index in [9.17, 15) is 9.13 Å². The van der Waals surface area contributed by atoms with Crippen molar-refractivity contribution in [1.82, 2.24) is 0 Å². The molecule has 2 rings (SSSR count). The van der Waals surface area contributed by atoms with Crippen molar-refractivity contribution in [3.8, 4) is 11.1 Å². The number of nitrogens with two attached hydrogens (primary N) is 2. The predicted molar refractivity (Wildman–Crippen MR) is 122 cm³/mol. The van der Waals surface area contributed by atoms with Crippen LogP contribution >= 0.6 is 15.2 Å². The minimum atomic E-state index is -3.59. The Morgan fingerprint density at radius 1 is 0.633 bits per heavy atom. The minimum Gasteiger partial charge on any atom is -0.398 e. The third-order valence-electron chi connectivity index (χ3n) is 4.18. The van der Waals surface area contributed by atoms with E-state index in [0.29, 0.717) is 22.5 Å². The summed E-state index contributed by atoms with van der Waals surface area (Å²) in [6.45, 7) is 7.76. The van der Waals surface area contributed by atoms with E-state index in [2.05, 4.69) is 0 Å². The molecule has 0 aliphatic rings. The van der Waals surface area contributed by atoms with Gasteiger partial charge in [-0.1, -0.05) is 12.1 Å². The number of hydrogen-bond acceptors (Lipinski definition) is 8. The Labute approximate surface area is 177 Å². The van der Waals surface area contributed by atoms with Crippen LogP contribution in [0.1, 0.15) is 27.7 Å². The van der Waals surface area contributed by atoms with Crippen LogP contribution in [0, 0.1) is 0 Å². The first kappa shape index (κ1) is 24.6. The second-order valence-electron chi connectivity index (χ2n) is 6.21. The molecule has 10 heteroatoms. The zero-order valence-electron chi connectivity index (χ0n) is 17.8. The van der Waals surface area contributed by atoms with E-state index >= 15 is 0 Å². The average Bonchev–Trinajstić information content (AvgIpc) is 2.69. The monoisotopic (exact) mass is 456 g/mol. The first-order valence-corrected chi connectivity index (χ1v) is 12.9. The molecule has 0 saturated heterocycles. The maximum absolute atomic E-state index is 13.2. The van der Waals surface area contributed by atoms with Crippen LogP contribution in [0.3, 0.4) is 0 Å². The second kappa shape index (κ2) is 10.6. The van der Waals surface area contributed by atoms with Gasteiger partial charge in [0.2, 0.25) is 0 Å². The molecule has 0 saturated carbocycles.